The van der Waals surface area contributed by atoms with E-state index in [-0.39, 0.29) is 5.57 Å². The number of aliphatic carboxylic acids is 1. The minimum absolute atomic E-state index is 0.253. The molecule has 0 fully saturated rings. The van der Waals surface area contributed by atoms with E-state index in [2.05, 4.69) is 6.58 Å². The standard InChI is InChI=1S/C9H12O2/c1-4-5-6-8(7(2)3)9(10)11/h4-6H,2H2,1,3H3,(H,10,11). The molecule has 1 N–H and O–H groups in total. The molecule has 2 heteroatoms. The second-order valence-corrected chi connectivity index (χ2v) is 2.19. The topological polar surface area (TPSA) is 37.3 Å². The third-order valence-electron chi connectivity index (χ3n) is 1.15. The van der Waals surface area contributed by atoms with Gasteiger partial charge in [-0.1, -0.05) is 18.7 Å². The van der Waals surface area contributed by atoms with E-state index in [9.17, 15) is 4.79 Å². The number of rotatable bonds is 3. The highest BCUT2D eigenvalue weighted by molar-refractivity contribution is 5.91. The molecular formula is C9H12O2. The first-order chi connectivity index (χ1) is 5.09. The molecule has 11 heavy (non-hydrogen) atoms. The predicted molar refractivity (Wildman–Crippen MR) is 45.3 cm³/mol. The molecule has 0 radical (unpaired) electrons. The fourth-order valence-electron chi connectivity index (χ4n) is 0.589. The Bertz CT molecular complexity index is 206. The van der Waals surface area contributed by atoms with Crippen molar-refractivity contribution in [1.82, 2.24) is 0 Å². The van der Waals surface area contributed by atoms with Gasteiger partial charge in [0.2, 0.25) is 0 Å². The molecular weight excluding hydrogens is 140 g/mol. The minimum Gasteiger partial charge on any atom is -0.478 e. The van der Waals surface area contributed by atoms with Crippen LogP contribution in [-0.4, -0.2) is 11.1 Å². The summed E-state index contributed by atoms with van der Waals surface area (Å²) in [5.41, 5.74) is 0.818. The lowest BCUT2D eigenvalue weighted by atomic mass is 10.1. The molecule has 0 aliphatic heterocycles. The fourth-order valence-corrected chi connectivity index (χ4v) is 0.589. The number of carbonyl (C=O) groups is 1. The Morgan fingerprint density at radius 1 is 1.55 bits per heavy atom. The van der Waals surface area contributed by atoms with E-state index in [0.717, 1.165) is 0 Å². The lowest BCUT2D eigenvalue weighted by Crippen LogP contribution is -2.00. The van der Waals surface area contributed by atoms with Gasteiger partial charge in [0, 0.05) is 0 Å². The molecule has 0 aliphatic carbocycles. The number of hydrogen-bond acceptors (Lipinski definition) is 1. The van der Waals surface area contributed by atoms with Crippen LogP contribution in [-0.2, 0) is 4.79 Å². The van der Waals surface area contributed by atoms with Gasteiger partial charge in [0.05, 0.1) is 5.57 Å². The van der Waals surface area contributed by atoms with E-state index in [1.807, 2.05) is 6.92 Å². The molecule has 2 nitrogen and oxygen atoms in total. The van der Waals surface area contributed by atoms with Gasteiger partial charge in [-0.3, -0.25) is 0 Å². The first-order valence-electron chi connectivity index (χ1n) is 3.31. The number of carboxylic acid groups (broad SMARTS) is 1. The van der Waals surface area contributed by atoms with Crippen molar-refractivity contribution in [3.05, 3.63) is 36.0 Å². The molecule has 0 heterocycles. The van der Waals surface area contributed by atoms with Gasteiger partial charge in [0.1, 0.15) is 0 Å². The van der Waals surface area contributed by atoms with E-state index >= 15 is 0 Å². The van der Waals surface area contributed by atoms with Crippen LogP contribution < -0.4 is 0 Å². The van der Waals surface area contributed by atoms with Gasteiger partial charge in [-0.25, -0.2) is 4.79 Å². The molecule has 0 spiro atoms. The Kier molecular flexibility index (Phi) is 3.96. The summed E-state index contributed by atoms with van der Waals surface area (Å²) in [6.45, 7) is 7.04. The van der Waals surface area contributed by atoms with Gasteiger partial charge >= 0.3 is 5.97 Å². The van der Waals surface area contributed by atoms with Crippen LogP contribution in [0.1, 0.15) is 13.8 Å². The summed E-state index contributed by atoms with van der Waals surface area (Å²) in [5, 5.41) is 8.61. The fraction of sp³-hybridized carbons (Fsp3) is 0.222. The molecule has 0 aromatic rings. The van der Waals surface area contributed by atoms with Gasteiger partial charge in [0.15, 0.2) is 0 Å². The van der Waals surface area contributed by atoms with Crippen molar-refractivity contribution in [2.24, 2.45) is 0 Å². The summed E-state index contributed by atoms with van der Waals surface area (Å²) in [4.78, 5) is 10.5. The van der Waals surface area contributed by atoms with Crippen LogP contribution >= 0.6 is 0 Å². The predicted octanol–water partition coefficient (Wildman–Crippen LogP) is 2.15. The van der Waals surface area contributed by atoms with Crippen LogP contribution in [0.25, 0.3) is 0 Å². The van der Waals surface area contributed by atoms with Crippen molar-refractivity contribution in [3.8, 4) is 0 Å². The van der Waals surface area contributed by atoms with Crippen LogP contribution in [0, 0.1) is 0 Å². The molecule has 0 rings (SSSR count). The first-order valence-corrected chi connectivity index (χ1v) is 3.31. The molecule has 0 atom stereocenters. The molecule has 60 valence electrons. The van der Waals surface area contributed by atoms with Crippen molar-refractivity contribution in [3.63, 3.8) is 0 Å². The summed E-state index contributed by atoms with van der Waals surface area (Å²) in [6, 6.07) is 0. The summed E-state index contributed by atoms with van der Waals surface area (Å²) < 4.78 is 0. The van der Waals surface area contributed by atoms with Crippen LogP contribution in [0.2, 0.25) is 0 Å². The number of carboxylic acids is 1. The monoisotopic (exact) mass is 152 g/mol. The van der Waals surface area contributed by atoms with Gasteiger partial charge in [-0.2, -0.15) is 0 Å². The van der Waals surface area contributed by atoms with E-state index in [0.29, 0.717) is 5.57 Å². The van der Waals surface area contributed by atoms with Gasteiger partial charge in [-0.15, -0.1) is 0 Å². The second-order valence-electron chi connectivity index (χ2n) is 2.19. The van der Waals surface area contributed by atoms with Gasteiger partial charge in [-0.05, 0) is 25.5 Å². The van der Waals surface area contributed by atoms with Crippen molar-refractivity contribution in [2.45, 2.75) is 13.8 Å². The normalized spacial score (nSPS) is 12.0. The average molecular weight is 152 g/mol. The summed E-state index contributed by atoms with van der Waals surface area (Å²) in [7, 11) is 0. The van der Waals surface area contributed by atoms with Crippen molar-refractivity contribution in [2.75, 3.05) is 0 Å². The van der Waals surface area contributed by atoms with Crippen molar-refractivity contribution >= 4 is 5.97 Å². The summed E-state index contributed by atoms with van der Waals surface area (Å²) in [5.74, 6) is -0.935. The zero-order valence-corrected chi connectivity index (χ0v) is 6.79. The van der Waals surface area contributed by atoms with E-state index in [1.54, 1.807) is 19.1 Å². The Labute approximate surface area is 66.5 Å². The number of allylic oxidation sites excluding steroid dienone is 3. The smallest absolute Gasteiger partial charge is 0.335 e. The quantitative estimate of drug-likeness (QED) is 0.497. The maximum atomic E-state index is 10.5. The zero-order chi connectivity index (χ0) is 8.85. The van der Waals surface area contributed by atoms with E-state index < -0.39 is 5.97 Å². The van der Waals surface area contributed by atoms with Gasteiger partial charge < -0.3 is 5.11 Å². The summed E-state index contributed by atoms with van der Waals surface area (Å²) >= 11 is 0. The molecule has 0 saturated carbocycles. The molecule has 0 aromatic carbocycles. The first kappa shape index (κ1) is 9.69. The minimum atomic E-state index is -0.935. The molecule has 0 saturated heterocycles. The zero-order valence-electron chi connectivity index (χ0n) is 6.79. The summed E-state index contributed by atoms with van der Waals surface area (Å²) in [6.07, 6.45) is 4.98. The largest absolute Gasteiger partial charge is 0.478 e. The van der Waals surface area contributed by atoms with Crippen molar-refractivity contribution < 1.29 is 9.90 Å². The molecule has 0 unspecified atom stereocenters. The highest BCUT2D eigenvalue weighted by atomic mass is 16.4. The maximum absolute atomic E-state index is 10.5. The highest BCUT2D eigenvalue weighted by Gasteiger charge is 2.04. The van der Waals surface area contributed by atoms with Crippen LogP contribution in [0.15, 0.2) is 36.0 Å². The Morgan fingerprint density at radius 2 is 2.09 bits per heavy atom. The van der Waals surface area contributed by atoms with Crippen molar-refractivity contribution in [1.29, 1.82) is 0 Å². The molecule has 0 aromatic heterocycles. The third kappa shape index (κ3) is 3.40. The van der Waals surface area contributed by atoms with Gasteiger partial charge in [0.25, 0.3) is 0 Å². The maximum Gasteiger partial charge on any atom is 0.335 e. The molecule has 0 amide bonds. The van der Waals surface area contributed by atoms with Crippen LogP contribution in [0.4, 0.5) is 0 Å². The van der Waals surface area contributed by atoms with E-state index in [4.69, 9.17) is 5.11 Å². The Hall–Kier alpha value is -1.31. The lowest BCUT2D eigenvalue weighted by molar-refractivity contribution is -0.132. The van der Waals surface area contributed by atoms with Crippen LogP contribution in [0.5, 0.6) is 0 Å². The average Bonchev–Trinajstić information content (AvgIpc) is 1.87. The SMILES string of the molecule is C=C(C)C(=CC=CC)C(=O)O. The molecule has 0 bridgehead atoms. The highest BCUT2D eigenvalue weighted by Crippen LogP contribution is 2.06. The lowest BCUT2D eigenvalue weighted by Gasteiger charge is -1.96. The Balaban J connectivity index is 4.60. The molecule has 0 aliphatic rings. The third-order valence-corrected chi connectivity index (χ3v) is 1.15. The second kappa shape index (κ2) is 4.50. The Morgan fingerprint density at radius 3 is 2.36 bits per heavy atom. The van der Waals surface area contributed by atoms with E-state index in [1.165, 1.54) is 6.08 Å². The van der Waals surface area contributed by atoms with Crippen LogP contribution in [0.3, 0.4) is 0 Å². The number of hydrogen-bond donors (Lipinski definition) is 1.